The Labute approximate surface area is 224 Å². The van der Waals surface area contributed by atoms with Crippen LogP contribution in [0.4, 0.5) is 5.69 Å². The average molecular weight is 536 g/mol. The Kier molecular flexibility index (Phi) is 8.37. The van der Waals surface area contributed by atoms with Crippen LogP contribution in [0.3, 0.4) is 0 Å². The van der Waals surface area contributed by atoms with Gasteiger partial charge < -0.3 is 5.32 Å². The number of carbonyl (C=O) groups excluding carboxylic acids is 2. The third kappa shape index (κ3) is 5.93. The van der Waals surface area contributed by atoms with Gasteiger partial charge in [0.2, 0.25) is 5.91 Å². The number of aryl methyl sites for hydroxylation is 1. The predicted molar refractivity (Wildman–Crippen MR) is 146 cm³/mol. The molecule has 2 amide bonds. The van der Waals surface area contributed by atoms with Gasteiger partial charge in [0, 0.05) is 22.3 Å². The van der Waals surface area contributed by atoms with Gasteiger partial charge in [-0.05, 0) is 61.2 Å². The van der Waals surface area contributed by atoms with Crippen molar-refractivity contribution in [2.45, 2.75) is 25.0 Å². The van der Waals surface area contributed by atoms with Crippen molar-refractivity contribution in [3.05, 3.63) is 110 Å². The number of anilines is 1. The summed E-state index contributed by atoms with van der Waals surface area (Å²) in [7, 11) is 0. The van der Waals surface area contributed by atoms with Crippen molar-refractivity contribution in [1.82, 2.24) is 5.32 Å². The summed E-state index contributed by atoms with van der Waals surface area (Å²) in [5, 5.41) is 13.6. The van der Waals surface area contributed by atoms with Crippen molar-refractivity contribution in [3.8, 4) is 6.07 Å². The van der Waals surface area contributed by atoms with E-state index in [1.165, 1.54) is 16.7 Å². The van der Waals surface area contributed by atoms with E-state index >= 15 is 0 Å². The van der Waals surface area contributed by atoms with Gasteiger partial charge in [-0.3, -0.25) is 14.5 Å². The summed E-state index contributed by atoms with van der Waals surface area (Å²) in [6.07, 6.45) is 0.938. The maximum absolute atomic E-state index is 13.6. The zero-order valence-electron chi connectivity index (χ0n) is 19.5. The average Bonchev–Trinajstić information content (AvgIpc) is 3.18. The first-order valence-electron chi connectivity index (χ1n) is 11.3. The molecule has 1 fully saturated rings. The number of hydrogen-bond donors (Lipinski definition) is 1. The Hall–Kier alpha value is -3.24. The molecule has 5 nitrogen and oxygen atoms in total. The Morgan fingerprint density at radius 1 is 1.08 bits per heavy atom. The minimum absolute atomic E-state index is 0.0957. The topological polar surface area (TPSA) is 73.2 Å². The van der Waals surface area contributed by atoms with Gasteiger partial charge in [-0.1, -0.05) is 83.0 Å². The van der Waals surface area contributed by atoms with Crippen molar-refractivity contribution < 1.29 is 9.59 Å². The Balaban J connectivity index is 1.64. The predicted octanol–water partition coefficient (Wildman–Crippen LogP) is 6.09. The van der Waals surface area contributed by atoms with Gasteiger partial charge in [0.15, 0.2) is 0 Å². The van der Waals surface area contributed by atoms with E-state index < -0.39 is 11.2 Å². The smallest absolute Gasteiger partial charge is 0.264 e. The molecule has 1 heterocycles. The summed E-state index contributed by atoms with van der Waals surface area (Å²) in [4.78, 5) is 28.1. The molecule has 4 rings (SSSR count). The quantitative estimate of drug-likeness (QED) is 0.293. The monoisotopic (exact) mass is 535 g/mol. The maximum atomic E-state index is 13.6. The molecule has 182 valence electrons. The van der Waals surface area contributed by atoms with E-state index in [9.17, 15) is 14.9 Å². The van der Waals surface area contributed by atoms with Crippen LogP contribution < -0.4 is 10.2 Å². The Morgan fingerprint density at radius 3 is 2.50 bits per heavy atom. The molecule has 0 bridgehead atoms. The molecule has 0 spiro atoms. The van der Waals surface area contributed by atoms with Crippen LogP contribution >= 0.6 is 35.0 Å². The molecule has 3 aromatic rings. The molecule has 0 aromatic heterocycles. The fourth-order valence-electron chi connectivity index (χ4n) is 3.87. The second kappa shape index (κ2) is 11.7. The number of carbonyl (C=O) groups is 2. The van der Waals surface area contributed by atoms with E-state index in [-0.39, 0.29) is 11.5 Å². The number of nitrogens with one attached hydrogen (secondary N) is 1. The second-order valence-electron chi connectivity index (χ2n) is 8.34. The first kappa shape index (κ1) is 25.8. The van der Waals surface area contributed by atoms with Crippen LogP contribution in [0.2, 0.25) is 10.0 Å². The van der Waals surface area contributed by atoms with Crippen LogP contribution in [0, 0.1) is 18.3 Å². The van der Waals surface area contributed by atoms with Crippen molar-refractivity contribution in [3.63, 3.8) is 0 Å². The van der Waals surface area contributed by atoms with Gasteiger partial charge in [0.05, 0.1) is 5.25 Å². The first-order chi connectivity index (χ1) is 17.4. The van der Waals surface area contributed by atoms with Gasteiger partial charge in [0.1, 0.15) is 16.7 Å². The van der Waals surface area contributed by atoms with Crippen LogP contribution in [0.5, 0.6) is 0 Å². The standard InChI is InChI=1S/C28H23Cl2N3O2S/c1-18-7-10-22(11-8-18)33-27(35)25(16-20-15-21(29)9-12-24(20)30)36-28(33)23(17-31)26(34)32-14-13-19-5-3-2-4-6-19/h2-12,15,25H,13-14,16H2,1H3,(H,32,34). The maximum Gasteiger partial charge on any atom is 0.264 e. The molecular weight excluding hydrogens is 513 g/mol. The highest BCUT2D eigenvalue weighted by atomic mass is 35.5. The molecule has 1 atom stereocenters. The molecule has 1 saturated heterocycles. The lowest BCUT2D eigenvalue weighted by molar-refractivity contribution is -0.117. The number of nitriles is 1. The molecule has 1 aliphatic heterocycles. The lowest BCUT2D eigenvalue weighted by atomic mass is 10.1. The fraction of sp³-hybridized carbons (Fsp3) is 0.179. The van der Waals surface area contributed by atoms with Crippen LogP contribution in [0.15, 0.2) is 83.4 Å². The summed E-state index contributed by atoms with van der Waals surface area (Å²) >= 11 is 13.7. The highest BCUT2D eigenvalue weighted by Crippen LogP contribution is 2.42. The number of hydrogen-bond acceptors (Lipinski definition) is 4. The van der Waals surface area contributed by atoms with Crippen LogP contribution in [0.25, 0.3) is 0 Å². The van der Waals surface area contributed by atoms with Crippen LogP contribution in [0.1, 0.15) is 16.7 Å². The summed E-state index contributed by atoms with van der Waals surface area (Å²) in [6.45, 7) is 2.32. The molecule has 8 heteroatoms. The summed E-state index contributed by atoms with van der Waals surface area (Å²) in [6, 6.07) is 24.3. The molecule has 1 unspecified atom stereocenters. The number of rotatable bonds is 7. The number of nitrogens with zero attached hydrogens (tertiary/aromatic N) is 2. The van der Waals surface area contributed by atoms with E-state index in [1.54, 1.807) is 18.2 Å². The van der Waals surface area contributed by atoms with Crippen molar-refractivity contribution in [2.75, 3.05) is 11.4 Å². The number of halogens is 2. The normalized spacial score (nSPS) is 16.6. The minimum atomic E-state index is -0.572. The van der Waals surface area contributed by atoms with E-state index in [2.05, 4.69) is 5.32 Å². The Morgan fingerprint density at radius 2 is 1.81 bits per heavy atom. The Bertz CT molecular complexity index is 1350. The third-order valence-electron chi connectivity index (χ3n) is 5.75. The molecule has 0 radical (unpaired) electrons. The summed E-state index contributed by atoms with van der Waals surface area (Å²) in [5.74, 6) is -0.734. The van der Waals surface area contributed by atoms with Gasteiger partial charge in [-0.2, -0.15) is 5.26 Å². The lowest BCUT2D eigenvalue weighted by Crippen LogP contribution is -2.32. The number of benzene rings is 3. The number of thioether (sulfide) groups is 1. The molecule has 3 aromatic carbocycles. The lowest BCUT2D eigenvalue weighted by Gasteiger charge is -2.19. The molecule has 0 saturated carbocycles. The first-order valence-corrected chi connectivity index (χ1v) is 13.0. The van der Waals surface area contributed by atoms with Crippen molar-refractivity contribution in [1.29, 1.82) is 5.26 Å². The zero-order chi connectivity index (χ0) is 25.7. The van der Waals surface area contributed by atoms with Crippen molar-refractivity contribution in [2.24, 2.45) is 0 Å². The SMILES string of the molecule is Cc1ccc(N2C(=O)C(Cc3cc(Cl)ccc3Cl)SC2=C(C#N)C(=O)NCCc2ccccc2)cc1. The summed E-state index contributed by atoms with van der Waals surface area (Å²) in [5.41, 5.74) is 3.34. The molecule has 1 aliphatic rings. The van der Waals surface area contributed by atoms with E-state index in [0.717, 1.165) is 16.7 Å². The third-order valence-corrected chi connectivity index (χ3v) is 7.62. The van der Waals surface area contributed by atoms with Gasteiger partial charge in [-0.15, -0.1) is 0 Å². The van der Waals surface area contributed by atoms with E-state index in [0.29, 0.717) is 40.1 Å². The van der Waals surface area contributed by atoms with Gasteiger partial charge in [-0.25, -0.2) is 0 Å². The fourth-order valence-corrected chi connectivity index (χ4v) is 5.55. The summed E-state index contributed by atoms with van der Waals surface area (Å²) < 4.78 is 0. The largest absolute Gasteiger partial charge is 0.351 e. The van der Waals surface area contributed by atoms with E-state index in [4.69, 9.17) is 23.2 Å². The van der Waals surface area contributed by atoms with Crippen LogP contribution in [-0.4, -0.2) is 23.6 Å². The molecule has 36 heavy (non-hydrogen) atoms. The van der Waals surface area contributed by atoms with Gasteiger partial charge in [0.25, 0.3) is 5.91 Å². The van der Waals surface area contributed by atoms with Crippen LogP contribution in [-0.2, 0) is 22.4 Å². The van der Waals surface area contributed by atoms with E-state index in [1.807, 2.05) is 67.6 Å². The van der Waals surface area contributed by atoms with Gasteiger partial charge >= 0.3 is 0 Å². The number of amides is 2. The molecule has 0 aliphatic carbocycles. The molecule has 1 N–H and O–H groups in total. The molecular formula is C28H23Cl2N3O2S. The zero-order valence-corrected chi connectivity index (χ0v) is 21.8. The highest BCUT2D eigenvalue weighted by molar-refractivity contribution is 8.05. The second-order valence-corrected chi connectivity index (χ2v) is 10.4. The minimum Gasteiger partial charge on any atom is -0.351 e. The van der Waals surface area contributed by atoms with Crippen molar-refractivity contribution >= 4 is 52.5 Å². The highest BCUT2D eigenvalue weighted by Gasteiger charge is 2.41.